The predicted molar refractivity (Wildman–Crippen MR) is 63.4 cm³/mol. The van der Waals surface area contributed by atoms with E-state index in [1.165, 1.54) is 11.3 Å². The highest BCUT2D eigenvalue weighted by atomic mass is 16.5. The molecule has 0 aliphatic carbocycles. The summed E-state index contributed by atoms with van der Waals surface area (Å²) in [5, 5.41) is 0. The van der Waals surface area contributed by atoms with Gasteiger partial charge in [0.25, 0.3) is 0 Å². The fraction of sp³-hybridized carbons (Fsp3) is 0.538. The first-order chi connectivity index (χ1) is 7.18. The lowest BCUT2D eigenvalue weighted by molar-refractivity contribution is 0.0757. The van der Waals surface area contributed by atoms with Crippen molar-refractivity contribution in [3.8, 4) is 0 Å². The summed E-state index contributed by atoms with van der Waals surface area (Å²) in [6, 6.07) is 9.68. The van der Waals surface area contributed by atoms with Crippen LogP contribution in [-0.4, -0.2) is 25.3 Å². The van der Waals surface area contributed by atoms with Crippen LogP contribution < -0.4 is 4.90 Å². The van der Waals surface area contributed by atoms with Crippen LogP contribution >= 0.6 is 0 Å². The highest BCUT2D eigenvalue weighted by Crippen LogP contribution is 2.23. The predicted octanol–water partition coefficient (Wildman–Crippen LogP) is 2.61. The average molecular weight is 205 g/mol. The molecule has 82 valence electrons. The van der Waals surface area contributed by atoms with Crippen LogP contribution in [0.15, 0.2) is 24.3 Å². The Labute approximate surface area is 91.9 Å². The van der Waals surface area contributed by atoms with E-state index in [4.69, 9.17) is 4.74 Å². The second kappa shape index (κ2) is 4.23. The molecule has 0 aromatic heterocycles. The van der Waals surface area contributed by atoms with E-state index in [0.717, 1.165) is 13.2 Å². The fourth-order valence-corrected chi connectivity index (χ4v) is 2.23. The van der Waals surface area contributed by atoms with Crippen LogP contribution in [0, 0.1) is 6.92 Å². The Balaban J connectivity index is 2.23. The Morgan fingerprint density at radius 3 is 2.13 bits per heavy atom. The fourth-order valence-electron chi connectivity index (χ4n) is 2.23. The van der Waals surface area contributed by atoms with Gasteiger partial charge < -0.3 is 9.64 Å². The van der Waals surface area contributed by atoms with E-state index in [1.807, 2.05) is 0 Å². The standard InChI is InChI=1S/C13H19NO/c1-10-4-6-13(7-5-10)14-11(2)8-15-9-12(14)3/h4-7,11-12H,8-9H2,1-3H3/t11-,12-/m1/s1. The van der Waals surface area contributed by atoms with Gasteiger partial charge in [-0.15, -0.1) is 0 Å². The van der Waals surface area contributed by atoms with Gasteiger partial charge in [-0.1, -0.05) is 17.7 Å². The number of nitrogens with zero attached hydrogens (tertiary/aromatic N) is 1. The third kappa shape index (κ3) is 2.15. The summed E-state index contributed by atoms with van der Waals surface area (Å²) in [6.45, 7) is 8.22. The van der Waals surface area contributed by atoms with Crippen LogP contribution in [0.2, 0.25) is 0 Å². The van der Waals surface area contributed by atoms with Crippen LogP contribution in [0.1, 0.15) is 19.4 Å². The van der Waals surface area contributed by atoms with E-state index < -0.39 is 0 Å². The molecule has 1 heterocycles. The molecule has 0 radical (unpaired) electrons. The summed E-state index contributed by atoms with van der Waals surface area (Å²) < 4.78 is 5.53. The van der Waals surface area contributed by atoms with Gasteiger partial charge in [0, 0.05) is 17.8 Å². The quantitative estimate of drug-likeness (QED) is 0.698. The van der Waals surface area contributed by atoms with E-state index in [0.29, 0.717) is 12.1 Å². The van der Waals surface area contributed by atoms with E-state index in [9.17, 15) is 0 Å². The minimum Gasteiger partial charge on any atom is -0.377 e. The van der Waals surface area contributed by atoms with E-state index in [-0.39, 0.29) is 0 Å². The van der Waals surface area contributed by atoms with Gasteiger partial charge in [-0.25, -0.2) is 0 Å². The molecule has 1 aromatic carbocycles. The molecule has 15 heavy (non-hydrogen) atoms. The molecule has 2 nitrogen and oxygen atoms in total. The first-order valence-corrected chi connectivity index (χ1v) is 5.61. The van der Waals surface area contributed by atoms with Crippen molar-refractivity contribution in [2.75, 3.05) is 18.1 Å². The maximum absolute atomic E-state index is 5.53. The van der Waals surface area contributed by atoms with Crippen LogP contribution in [0.3, 0.4) is 0 Å². The van der Waals surface area contributed by atoms with E-state index in [2.05, 4.69) is 49.9 Å². The molecule has 2 heteroatoms. The van der Waals surface area contributed by atoms with Crippen molar-refractivity contribution in [1.82, 2.24) is 0 Å². The Bertz CT molecular complexity index is 310. The van der Waals surface area contributed by atoms with Gasteiger partial charge >= 0.3 is 0 Å². The highest BCUT2D eigenvalue weighted by Gasteiger charge is 2.25. The van der Waals surface area contributed by atoms with Crippen LogP contribution in [0.25, 0.3) is 0 Å². The number of morpholine rings is 1. The van der Waals surface area contributed by atoms with Gasteiger partial charge in [-0.05, 0) is 32.9 Å². The lowest BCUT2D eigenvalue weighted by Crippen LogP contribution is -2.49. The first kappa shape index (κ1) is 10.5. The zero-order valence-corrected chi connectivity index (χ0v) is 9.73. The molecule has 1 aliphatic rings. The number of benzene rings is 1. The normalized spacial score (nSPS) is 26.7. The van der Waals surface area contributed by atoms with Gasteiger partial charge in [0.2, 0.25) is 0 Å². The van der Waals surface area contributed by atoms with Crippen molar-refractivity contribution in [2.24, 2.45) is 0 Å². The van der Waals surface area contributed by atoms with Crippen molar-refractivity contribution in [3.05, 3.63) is 29.8 Å². The molecule has 0 amide bonds. The largest absolute Gasteiger partial charge is 0.377 e. The van der Waals surface area contributed by atoms with Crippen LogP contribution in [-0.2, 0) is 4.74 Å². The Morgan fingerprint density at radius 2 is 1.60 bits per heavy atom. The van der Waals surface area contributed by atoms with E-state index >= 15 is 0 Å². The SMILES string of the molecule is Cc1ccc(N2[C@H](C)COC[C@H]2C)cc1. The monoisotopic (exact) mass is 205 g/mol. The summed E-state index contributed by atoms with van der Waals surface area (Å²) >= 11 is 0. The van der Waals surface area contributed by atoms with Gasteiger partial charge in [0.05, 0.1) is 13.2 Å². The zero-order chi connectivity index (χ0) is 10.8. The third-order valence-electron chi connectivity index (χ3n) is 3.00. The minimum atomic E-state index is 0.469. The zero-order valence-electron chi connectivity index (χ0n) is 9.73. The molecule has 2 atom stereocenters. The number of aryl methyl sites for hydroxylation is 1. The van der Waals surface area contributed by atoms with Crippen molar-refractivity contribution in [1.29, 1.82) is 0 Å². The number of ether oxygens (including phenoxy) is 1. The Hall–Kier alpha value is -1.02. The number of hydrogen-bond acceptors (Lipinski definition) is 2. The highest BCUT2D eigenvalue weighted by molar-refractivity contribution is 5.49. The van der Waals surface area contributed by atoms with Crippen LogP contribution in [0.5, 0.6) is 0 Å². The molecule has 1 saturated heterocycles. The van der Waals surface area contributed by atoms with Crippen molar-refractivity contribution < 1.29 is 4.74 Å². The lowest BCUT2D eigenvalue weighted by atomic mass is 10.1. The summed E-state index contributed by atoms with van der Waals surface area (Å²) in [4.78, 5) is 2.45. The Morgan fingerprint density at radius 1 is 1.07 bits per heavy atom. The third-order valence-corrected chi connectivity index (χ3v) is 3.00. The van der Waals surface area contributed by atoms with E-state index in [1.54, 1.807) is 0 Å². The number of rotatable bonds is 1. The minimum absolute atomic E-state index is 0.469. The summed E-state index contributed by atoms with van der Waals surface area (Å²) in [6.07, 6.45) is 0. The second-order valence-electron chi connectivity index (χ2n) is 4.48. The summed E-state index contributed by atoms with van der Waals surface area (Å²) in [5.41, 5.74) is 2.62. The van der Waals surface area contributed by atoms with Gasteiger partial charge in [0.15, 0.2) is 0 Å². The molecule has 0 N–H and O–H groups in total. The summed E-state index contributed by atoms with van der Waals surface area (Å²) in [7, 11) is 0. The van der Waals surface area contributed by atoms with Crippen molar-refractivity contribution in [2.45, 2.75) is 32.9 Å². The number of anilines is 1. The smallest absolute Gasteiger partial charge is 0.0668 e. The maximum atomic E-state index is 5.53. The lowest BCUT2D eigenvalue weighted by Gasteiger charge is -2.40. The van der Waals surface area contributed by atoms with Crippen molar-refractivity contribution in [3.63, 3.8) is 0 Å². The molecular formula is C13H19NO. The Kier molecular flexibility index (Phi) is 2.96. The maximum Gasteiger partial charge on any atom is 0.0668 e. The topological polar surface area (TPSA) is 12.5 Å². The molecular weight excluding hydrogens is 186 g/mol. The molecule has 0 bridgehead atoms. The first-order valence-electron chi connectivity index (χ1n) is 5.61. The van der Waals surface area contributed by atoms with Crippen LogP contribution in [0.4, 0.5) is 5.69 Å². The molecule has 1 aromatic rings. The molecule has 1 fully saturated rings. The number of hydrogen-bond donors (Lipinski definition) is 0. The van der Waals surface area contributed by atoms with Gasteiger partial charge in [-0.3, -0.25) is 0 Å². The summed E-state index contributed by atoms with van der Waals surface area (Å²) in [5.74, 6) is 0. The average Bonchev–Trinajstić information content (AvgIpc) is 2.20. The van der Waals surface area contributed by atoms with Gasteiger partial charge in [0.1, 0.15) is 0 Å². The molecule has 0 spiro atoms. The molecule has 1 aliphatic heterocycles. The second-order valence-corrected chi connectivity index (χ2v) is 4.48. The molecule has 0 saturated carbocycles. The van der Waals surface area contributed by atoms with Crippen molar-refractivity contribution >= 4 is 5.69 Å². The van der Waals surface area contributed by atoms with Gasteiger partial charge in [-0.2, -0.15) is 0 Å². The molecule has 0 unspecified atom stereocenters. The molecule has 2 rings (SSSR count).